The smallest absolute Gasteiger partial charge is 0.0774 e. The van der Waals surface area contributed by atoms with Crippen molar-refractivity contribution in [3.63, 3.8) is 0 Å². The summed E-state index contributed by atoms with van der Waals surface area (Å²) in [6.07, 6.45) is 4.68. The third-order valence-corrected chi connectivity index (χ3v) is 4.57. The van der Waals surface area contributed by atoms with E-state index in [1.807, 2.05) is 0 Å². The maximum atomic E-state index is 10.4. The summed E-state index contributed by atoms with van der Waals surface area (Å²) >= 11 is 1.70. The van der Waals surface area contributed by atoms with Gasteiger partial charge in [0.2, 0.25) is 0 Å². The van der Waals surface area contributed by atoms with E-state index < -0.39 is 5.60 Å². The standard InChI is InChI=1S/C16H23NO2S/c1-17(13-16(19)7-3-4-8-16)11-15-10-14(12-20-15)6-2-5-9-18/h10,12,18-19H,3-5,7-9,11,13H2,1H3. The second-order valence-electron chi connectivity index (χ2n) is 5.68. The van der Waals surface area contributed by atoms with Crippen LogP contribution in [-0.4, -0.2) is 40.9 Å². The molecule has 1 fully saturated rings. The van der Waals surface area contributed by atoms with Gasteiger partial charge >= 0.3 is 0 Å². The molecule has 1 aromatic rings. The number of nitrogens with zero attached hydrogens (tertiary/aromatic N) is 1. The topological polar surface area (TPSA) is 43.7 Å². The molecule has 0 amide bonds. The number of aliphatic hydroxyl groups excluding tert-OH is 1. The van der Waals surface area contributed by atoms with Crippen LogP contribution in [0.25, 0.3) is 0 Å². The lowest BCUT2D eigenvalue weighted by Crippen LogP contribution is -2.38. The normalized spacial score (nSPS) is 17.2. The Morgan fingerprint density at radius 1 is 1.40 bits per heavy atom. The Morgan fingerprint density at radius 3 is 2.85 bits per heavy atom. The van der Waals surface area contributed by atoms with Crippen molar-refractivity contribution in [2.45, 2.75) is 44.2 Å². The zero-order chi connectivity index (χ0) is 14.4. The van der Waals surface area contributed by atoms with Crippen LogP contribution in [0.4, 0.5) is 0 Å². The number of hydrogen-bond donors (Lipinski definition) is 2. The fourth-order valence-electron chi connectivity index (χ4n) is 2.77. The highest BCUT2D eigenvalue weighted by atomic mass is 32.1. The molecule has 2 N–H and O–H groups in total. The van der Waals surface area contributed by atoms with Gasteiger partial charge in [0.15, 0.2) is 0 Å². The molecule has 3 nitrogen and oxygen atoms in total. The third kappa shape index (κ3) is 4.60. The van der Waals surface area contributed by atoms with Crippen molar-refractivity contribution >= 4 is 11.3 Å². The molecule has 1 heterocycles. The van der Waals surface area contributed by atoms with E-state index in [2.05, 4.69) is 35.2 Å². The van der Waals surface area contributed by atoms with Gasteiger partial charge in [-0.1, -0.05) is 24.7 Å². The minimum absolute atomic E-state index is 0.116. The van der Waals surface area contributed by atoms with Crippen molar-refractivity contribution in [3.05, 3.63) is 21.9 Å². The lowest BCUT2D eigenvalue weighted by Gasteiger charge is -2.28. The van der Waals surface area contributed by atoms with Crippen LogP contribution in [0.5, 0.6) is 0 Å². The molecule has 0 aliphatic heterocycles. The van der Waals surface area contributed by atoms with Crippen LogP contribution < -0.4 is 0 Å². The summed E-state index contributed by atoms with van der Waals surface area (Å²) in [7, 11) is 2.06. The zero-order valence-corrected chi connectivity index (χ0v) is 12.9. The first-order valence-corrected chi connectivity index (χ1v) is 8.07. The molecule has 0 bridgehead atoms. The Labute approximate surface area is 125 Å². The van der Waals surface area contributed by atoms with Gasteiger partial charge in [0, 0.05) is 35.3 Å². The first kappa shape index (κ1) is 15.5. The minimum atomic E-state index is -0.476. The van der Waals surface area contributed by atoms with Crippen LogP contribution in [-0.2, 0) is 6.54 Å². The Balaban J connectivity index is 1.85. The summed E-state index contributed by atoms with van der Waals surface area (Å²) in [6.45, 7) is 1.72. The number of rotatable bonds is 5. The predicted octanol–water partition coefficient (Wildman–Crippen LogP) is 2.22. The molecule has 1 aliphatic carbocycles. The first-order valence-electron chi connectivity index (χ1n) is 7.19. The monoisotopic (exact) mass is 293 g/mol. The van der Waals surface area contributed by atoms with Gasteiger partial charge in [-0.3, -0.25) is 4.90 Å². The van der Waals surface area contributed by atoms with Gasteiger partial charge in [-0.15, -0.1) is 11.3 Å². The van der Waals surface area contributed by atoms with Crippen molar-refractivity contribution in [2.75, 3.05) is 20.2 Å². The van der Waals surface area contributed by atoms with Crippen molar-refractivity contribution in [1.29, 1.82) is 0 Å². The maximum Gasteiger partial charge on any atom is 0.0774 e. The summed E-state index contributed by atoms with van der Waals surface area (Å²) in [6, 6.07) is 2.10. The van der Waals surface area contributed by atoms with Crippen molar-refractivity contribution < 1.29 is 10.2 Å². The highest BCUT2D eigenvalue weighted by Crippen LogP contribution is 2.30. The Morgan fingerprint density at radius 2 is 2.15 bits per heavy atom. The van der Waals surface area contributed by atoms with E-state index in [4.69, 9.17) is 5.11 Å². The van der Waals surface area contributed by atoms with Crippen LogP contribution in [0.15, 0.2) is 11.4 Å². The molecule has 110 valence electrons. The van der Waals surface area contributed by atoms with E-state index in [0.29, 0.717) is 6.42 Å². The van der Waals surface area contributed by atoms with Crippen LogP contribution in [0.3, 0.4) is 0 Å². The number of hydrogen-bond acceptors (Lipinski definition) is 4. The second kappa shape index (κ2) is 7.24. The first-order chi connectivity index (χ1) is 9.61. The van der Waals surface area contributed by atoms with E-state index in [-0.39, 0.29) is 6.61 Å². The molecule has 2 rings (SSSR count). The van der Waals surface area contributed by atoms with E-state index in [1.54, 1.807) is 11.3 Å². The van der Waals surface area contributed by atoms with Gasteiger partial charge in [-0.05, 0) is 26.0 Å². The average molecular weight is 293 g/mol. The van der Waals surface area contributed by atoms with Gasteiger partial charge in [0.25, 0.3) is 0 Å². The summed E-state index contributed by atoms with van der Waals surface area (Å²) in [5, 5.41) is 21.2. The SMILES string of the molecule is CN(Cc1cc(C#CCCO)cs1)CC1(O)CCCC1. The second-order valence-corrected chi connectivity index (χ2v) is 6.68. The van der Waals surface area contributed by atoms with Crippen LogP contribution in [0, 0.1) is 11.8 Å². The van der Waals surface area contributed by atoms with E-state index in [0.717, 1.165) is 44.3 Å². The zero-order valence-electron chi connectivity index (χ0n) is 12.1. The molecule has 0 radical (unpaired) electrons. The molecule has 0 spiro atoms. The molecular weight excluding hydrogens is 270 g/mol. The predicted molar refractivity (Wildman–Crippen MR) is 82.7 cm³/mol. The van der Waals surface area contributed by atoms with Gasteiger partial charge in [0.05, 0.1) is 12.2 Å². The molecule has 20 heavy (non-hydrogen) atoms. The third-order valence-electron chi connectivity index (χ3n) is 3.65. The number of likely N-dealkylation sites (N-methyl/N-ethyl adjacent to an activating group) is 1. The average Bonchev–Trinajstić information content (AvgIpc) is 2.99. The fourth-order valence-corrected chi connectivity index (χ4v) is 3.66. The van der Waals surface area contributed by atoms with Crippen molar-refractivity contribution in [3.8, 4) is 11.8 Å². The van der Waals surface area contributed by atoms with Gasteiger partial charge in [-0.2, -0.15) is 0 Å². The molecule has 4 heteroatoms. The Bertz CT molecular complexity index is 480. The number of thiophene rings is 1. The molecule has 1 aromatic heterocycles. The lowest BCUT2D eigenvalue weighted by atomic mass is 10.0. The van der Waals surface area contributed by atoms with Gasteiger partial charge in [-0.25, -0.2) is 0 Å². The molecule has 1 saturated carbocycles. The minimum Gasteiger partial charge on any atom is -0.395 e. The quantitative estimate of drug-likeness (QED) is 0.818. The molecule has 0 unspecified atom stereocenters. The number of aliphatic hydroxyl groups is 2. The highest BCUT2D eigenvalue weighted by Gasteiger charge is 2.32. The Hall–Kier alpha value is -0.860. The van der Waals surface area contributed by atoms with Crippen LogP contribution >= 0.6 is 11.3 Å². The van der Waals surface area contributed by atoms with Crippen LogP contribution in [0.1, 0.15) is 42.5 Å². The van der Waals surface area contributed by atoms with E-state index >= 15 is 0 Å². The maximum absolute atomic E-state index is 10.4. The van der Waals surface area contributed by atoms with Gasteiger partial charge < -0.3 is 10.2 Å². The molecule has 0 saturated heterocycles. The van der Waals surface area contributed by atoms with E-state index in [1.165, 1.54) is 4.88 Å². The van der Waals surface area contributed by atoms with E-state index in [9.17, 15) is 5.11 Å². The van der Waals surface area contributed by atoms with Crippen LogP contribution in [0.2, 0.25) is 0 Å². The highest BCUT2D eigenvalue weighted by molar-refractivity contribution is 7.10. The fraction of sp³-hybridized carbons (Fsp3) is 0.625. The molecular formula is C16H23NO2S. The van der Waals surface area contributed by atoms with Crippen molar-refractivity contribution in [1.82, 2.24) is 4.90 Å². The Kier molecular flexibility index (Phi) is 5.62. The lowest BCUT2D eigenvalue weighted by molar-refractivity contribution is 0.0147. The summed E-state index contributed by atoms with van der Waals surface area (Å²) in [5.74, 6) is 5.99. The molecule has 0 aromatic carbocycles. The summed E-state index contributed by atoms with van der Waals surface area (Å²) in [5.41, 5.74) is 0.543. The molecule has 1 aliphatic rings. The molecule has 0 atom stereocenters. The van der Waals surface area contributed by atoms with Crippen molar-refractivity contribution in [2.24, 2.45) is 0 Å². The summed E-state index contributed by atoms with van der Waals surface area (Å²) < 4.78 is 0. The summed E-state index contributed by atoms with van der Waals surface area (Å²) in [4.78, 5) is 3.46. The van der Waals surface area contributed by atoms with Gasteiger partial charge in [0.1, 0.15) is 0 Å². The largest absolute Gasteiger partial charge is 0.395 e.